The van der Waals surface area contributed by atoms with Crippen molar-refractivity contribution >= 4 is 5.78 Å². The highest BCUT2D eigenvalue weighted by Gasteiger charge is 2.13. The molecule has 2 heteroatoms. The summed E-state index contributed by atoms with van der Waals surface area (Å²) >= 11 is 0. The van der Waals surface area contributed by atoms with Gasteiger partial charge in [0.2, 0.25) is 0 Å². The normalized spacial score (nSPS) is 10.9. The number of likely N-dealkylation sites (N-methyl/N-ethyl adjacent to an activating group) is 1. The zero-order chi connectivity index (χ0) is 10.4. The van der Waals surface area contributed by atoms with Gasteiger partial charge in [0.05, 0.1) is 0 Å². The number of carbonyl (C=O) groups is 1. The molecule has 76 valence electrons. The van der Waals surface area contributed by atoms with Gasteiger partial charge in [0.25, 0.3) is 0 Å². The summed E-state index contributed by atoms with van der Waals surface area (Å²) in [6, 6.07) is 0. The quantitative estimate of drug-likeness (QED) is 0.588. The average molecular weight is 183 g/mol. The van der Waals surface area contributed by atoms with E-state index in [1.54, 1.807) is 0 Å². The minimum Gasteiger partial charge on any atom is -0.300 e. The fraction of sp³-hybridized carbons (Fsp3) is 0.727. The summed E-state index contributed by atoms with van der Waals surface area (Å²) in [5.74, 6) is 0.259. The highest BCUT2D eigenvalue weighted by molar-refractivity contribution is 5.96. The summed E-state index contributed by atoms with van der Waals surface area (Å²) in [5.41, 5.74) is 0.735. The Hall–Kier alpha value is -0.630. The minimum absolute atomic E-state index is 0.0723. The van der Waals surface area contributed by atoms with Gasteiger partial charge in [0.1, 0.15) is 0 Å². The number of hydrogen-bond acceptors (Lipinski definition) is 2. The van der Waals surface area contributed by atoms with Crippen molar-refractivity contribution in [3.8, 4) is 0 Å². The van der Waals surface area contributed by atoms with E-state index in [0.717, 1.165) is 18.7 Å². The van der Waals surface area contributed by atoms with Crippen LogP contribution >= 0.6 is 0 Å². The Labute approximate surface area is 81.6 Å². The molecule has 0 aromatic heterocycles. The van der Waals surface area contributed by atoms with E-state index in [4.69, 9.17) is 0 Å². The molecule has 0 N–H and O–H groups in total. The van der Waals surface area contributed by atoms with E-state index in [0.29, 0.717) is 6.54 Å². The molecule has 0 unspecified atom stereocenters. The van der Waals surface area contributed by atoms with Crippen LogP contribution in [0, 0.1) is 5.92 Å². The van der Waals surface area contributed by atoms with Crippen molar-refractivity contribution in [3.63, 3.8) is 0 Å². The van der Waals surface area contributed by atoms with Crippen LogP contribution < -0.4 is 0 Å². The van der Waals surface area contributed by atoms with Gasteiger partial charge in [-0.1, -0.05) is 34.3 Å². The summed E-state index contributed by atoms with van der Waals surface area (Å²) in [4.78, 5) is 13.7. The number of carbonyl (C=O) groups excluding carboxylic acids is 1. The molecule has 2 nitrogen and oxygen atoms in total. The lowest BCUT2D eigenvalue weighted by Crippen LogP contribution is -2.28. The van der Waals surface area contributed by atoms with Crippen LogP contribution in [-0.4, -0.2) is 30.3 Å². The molecular weight excluding hydrogens is 162 g/mol. The van der Waals surface area contributed by atoms with Crippen molar-refractivity contribution < 1.29 is 4.79 Å². The van der Waals surface area contributed by atoms with Crippen molar-refractivity contribution in [2.45, 2.75) is 27.7 Å². The molecule has 0 aliphatic heterocycles. The molecule has 0 radical (unpaired) electrons. The number of Topliss-reactive ketones (excluding diaryl/α,β-unsaturated/α-hetero) is 1. The van der Waals surface area contributed by atoms with Crippen LogP contribution in [0.2, 0.25) is 0 Å². The second-order valence-electron chi connectivity index (χ2n) is 3.58. The molecule has 0 aliphatic carbocycles. The van der Waals surface area contributed by atoms with E-state index >= 15 is 0 Å². The van der Waals surface area contributed by atoms with Crippen LogP contribution in [-0.2, 0) is 4.79 Å². The summed E-state index contributed by atoms with van der Waals surface area (Å²) < 4.78 is 0. The van der Waals surface area contributed by atoms with Gasteiger partial charge in [-0.15, -0.1) is 0 Å². The Morgan fingerprint density at radius 1 is 1.31 bits per heavy atom. The third-order valence-electron chi connectivity index (χ3n) is 2.18. The molecule has 0 atom stereocenters. The molecule has 13 heavy (non-hydrogen) atoms. The van der Waals surface area contributed by atoms with E-state index in [2.05, 4.69) is 25.3 Å². The fourth-order valence-corrected chi connectivity index (χ4v) is 1.20. The SMILES string of the molecule is C=C(CN(CC)CC)C(=O)C(C)C. The Bertz CT molecular complexity index is 181. The zero-order valence-electron chi connectivity index (χ0n) is 9.26. The maximum Gasteiger partial charge on any atom is 0.162 e. The van der Waals surface area contributed by atoms with Crippen molar-refractivity contribution in [3.05, 3.63) is 12.2 Å². The van der Waals surface area contributed by atoms with E-state index in [9.17, 15) is 4.79 Å². The average Bonchev–Trinajstić information content (AvgIpc) is 2.12. The fourth-order valence-electron chi connectivity index (χ4n) is 1.20. The van der Waals surface area contributed by atoms with Crippen LogP contribution in [0.1, 0.15) is 27.7 Å². The Morgan fingerprint density at radius 2 is 1.77 bits per heavy atom. The van der Waals surface area contributed by atoms with Crippen molar-refractivity contribution in [1.29, 1.82) is 0 Å². The second-order valence-corrected chi connectivity index (χ2v) is 3.58. The maximum absolute atomic E-state index is 11.5. The van der Waals surface area contributed by atoms with Crippen LogP contribution in [0.4, 0.5) is 0 Å². The Balaban J connectivity index is 4.06. The third-order valence-corrected chi connectivity index (χ3v) is 2.18. The Kier molecular flexibility index (Phi) is 5.63. The predicted molar refractivity (Wildman–Crippen MR) is 56.8 cm³/mol. The van der Waals surface area contributed by atoms with Gasteiger partial charge in [-0.25, -0.2) is 0 Å². The first-order valence-electron chi connectivity index (χ1n) is 4.97. The molecule has 0 rings (SSSR count). The van der Waals surface area contributed by atoms with E-state index < -0.39 is 0 Å². The maximum atomic E-state index is 11.5. The lowest BCUT2D eigenvalue weighted by atomic mass is 10.0. The molecule has 0 fully saturated rings. The molecule has 0 saturated carbocycles. The molecule has 0 heterocycles. The van der Waals surface area contributed by atoms with Gasteiger partial charge < -0.3 is 0 Å². The molecule has 0 bridgehead atoms. The second kappa shape index (κ2) is 5.92. The highest BCUT2D eigenvalue weighted by Crippen LogP contribution is 2.05. The smallest absolute Gasteiger partial charge is 0.162 e. The van der Waals surface area contributed by atoms with E-state index in [1.165, 1.54) is 0 Å². The first kappa shape index (κ1) is 12.4. The van der Waals surface area contributed by atoms with Crippen LogP contribution in [0.15, 0.2) is 12.2 Å². The van der Waals surface area contributed by atoms with Gasteiger partial charge in [-0.05, 0) is 13.1 Å². The molecule has 0 amide bonds. The van der Waals surface area contributed by atoms with Gasteiger partial charge in [-0.2, -0.15) is 0 Å². The van der Waals surface area contributed by atoms with Gasteiger partial charge >= 0.3 is 0 Å². The van der Waals surface area contributed by atoms with E-state index in [1.807, 2.05) is 13.8 Å². The molecule has 0 aliphatic rings. The van der Waals surface area contributed by atoms with Crippen LogP contribution in [0.25, 0.3) is 0 Å². The lowest BCUT2D eigenvalue weighted by molar-refractivity contribution is -0.118. The standard InChI is InChI=1S/C11H21NO/c1-6-12(7-2)8-10(5)11(13)9(3)4/h9H,5-8H2,1-4H3. The van der Waals surface area contributed by atoms with E-state index in [-0.39, 0.29) is 11.7 Å². The molecule has 0 spiro atoms. The number of ketones is 1. The van der Waals surface area contributed by atoms with Crippen molar-refractivity contribution in [2.24, 2.45) is 5.92 Å². The number of nitrogens with zero attached hydrogens (tertiary/aromatic N) is 1. The molecular formula is C11H21NO. The molecule has 0 aromatic rings. The number of rotatable bonds is 6. The third kappa shape index (κ3) is 4.23. The zero-order valence-corrected chi connectivity index (χ0v) is 9.26. The summed E-state index contributed by atoms with van der Waals surface area (Å²) in [5, 5.41) is 0. The van der Waals surface area contributed by atoms with Crippen molar-refractivity contribution in [1.82, 2.24) is 4.90 Å². The van der Waals surface area contributed by atoms with Crippen LogP contribution in [0.3, 0.4) is 0 Å². The predicted octanol–water partition coefficient (Wildman–Crippen LogP) is 2.11. The molecule has 0 aromatic carbocycles. The Morgan fingerprint density at radius 3 is 2.08 bits per heavy atom. The lowest BCUT2D eigenvalue weighted by Gasteiger charge is -2.19. The van der Waals surface area contributed by atoms with Gasteiger partial charge in [0.15, 0.2) is 5.78 Å². The monoisotopic (exact) mass is 183 g/mol. The number of hydrogen-bond donors (Lipinski definition) is 0. The topological polar surface area (TPSA) is 20.3 Å². The largest absolute Gasteiger partial charge is 0.300 e. The minimum atomic E-state index is 0.0723. The van der Waals surface area contributed by atoms with Crippen molar-refractivity contribution in [2.75, 3.05) is 19.6 Å². The first-order chi connectivity index (χ1) is 6.02. The van der Waals surface area contributed by atoms with Crippen LogP contribution in [0.5, 0.6) is 0 Å². The summed E-state index contributed by atoms with van der Waals surface area (Å²) in [7, 11) is 0. The summed E-state index contributed by atoms with van der Waals surface area (Å²) in [6.45, 7) is 14.5. The van der Waals surface area contributed by atoms with Gasteiger partial charge in [-0.3, -0.25) is 9.69 Å². The first-order valence-corrected chi connectivity index (χ1v) is 4.97. The highest BCUT2D eigenvalue weighted by atomic mass is 16.1. The molecule has 0 saturated heterocycles. The summed E-state index contributed by atoms with van der Waals surface area (Å²) in [6.07, 6.45) is 0. The van der Waals surface area contributed by atoms with Gasteiger partial charge in [0, 0.05) is 18.0 Å².